The molecule has 0 fully saturated rings. The molecule has 1 atom stereocenters. The van der Waals surface area contributed by atoms with Crippen LogP contribution < -0.4 is 10.6 Å². The molecule has 2 rings (SSSR count). The van der Waals surface area contributed by atoms with Crippen molar-refractivity contribution >= 4 is 17.5 Å². The molecule has 0 spiro atoms. The second-order valence-corrected chi connectivity index (χ2v) is 5.01. The highest BCUT2D eigenvalue weighted by Gasteiger charge is 2.15. The van der Waals surface area contributed by atoms with Crippen LogP contribution in [-0.2, 0) is 0 Å². The van der Waals surface area contributed by atoms with E-state index < -0.39 is 0 Å². The molecule has 1 aromatic heterocycles. The molecule has 6 heteroatoms. The summed E-state index contributed by atoms with van der Waals surface area (Å²) in [6, 6.07) is 7.51. The first-order chi connectivity index (χ1) is 9.61. The van der Waals surface area contributed by atoms with Gasteiger partial charge < -0.3 is 10.6 Å². The summed E-state index contributed by atoms with van der Waals surface area (Å²) in [5.41, 5.74) is 2.01. The summed E-state index contributed by atoms with van der Waals surface area (Å²) in [5.74, 6) is -0.157. The zero-order valence-electron chi connectivity index (χ0n) is 11.4. The Bertz CT molecular complexity index is 596. The number of carbonyl (C=O) groups is 1. The van der Waals surface area contributed by atoms with Crippen LogP contribution in [0.5, 0.6) is 0 Å². The van der Waals surface area contributed by atoms with Gasteiger partial charge in [0.25, 0.3) is 5.91 Å². The van der Waals surface area contributed by atoms with Crippen LogP contribution in [0.3, 0.4) is 0 Å². The predicted molar refractivity (Wildman–Crippen MR) is 79.9 cm³/mol. The van der Waals surface area contributed by atoms with Gasteiger partial charge in [-0.2, -0.15) is 5.10 Å². The lowest BCUT2D eigenvalue weighted by atomic mass is 10.1. The maximum absolute atomic E-state index is 12.2. The summed E-state index contributed by atoms with van der Waals surface area (Å²) in [4.78, 5) is 12.2. The second-order valence-electron chi connectivity index (χ2n) is 4.57. The minimum absolute atomic E-state index is 0.157. The molecular weight excluding hydrogens is 276 g/mol. The highest BCUT2D eigenvalue weighted by atomic mass is 35.5. The van der Waals surface area contributed by atoms with Gasteiger partial charge in [0.2, 0.25) is 0 Å². The van der Waals surface area contributed by atoms with Crippen molar-refractivity contribution in [3.63, 3.8) is 0 Å². The van der Waals surface area contributed by atoms with Gasteiger partial charge in [0.15, 0.2) is 0 Å². The van der Waals surface area contributed by atoms with Crippen LogP contribution in [0, 0.1) is 0 Å². The number of aromatic amines is 1. The molecule has 0 aliphatic carbocycles. The van der Waals surface area contributed by atoms with Crippen LogP contribution in [0.15, 0.2) is 30.5 Å². The number of nitrogens with one attached hydrogen (secondary N) is 3. The first-order valence-electron chi connectivity index (χ1n) is 6.36. The van der Waals surface area contributed by atoms with Crippen LogP contribution >= 0.6 is 11.6 Å². The van der Waals surface area contributed by atoms with E-state index in [-0.39, 0.29) is 11.9 Å². The van der Waals surface area contributed by atoms with Gasteiger partial charge >= 0.3 is 0 Å². The van der Waals surface area contributed by atoms with E-state index in [1.807, 2.05) is 26.1 Å². The van der Waals surface area contributed by atoms with E-state index in [4.69, 9.17) is 11.6 Å². The zero-order valence-corrected chi connectivity index (χ0v) is 12.2. The van der Waals surface area contributed by atoms with E-state index in [1.165, 1.54) is 6.20 Å². The van der Waals surface area contributed by atoms with Gasteiger partial charge in [-0.15, -0.1) is 0 Å². The molecule has 1 aromatic carbocycles. The van der Waals surface area contributed by atoms with Crippen molar-refractivity contribution in [1.29, 1.82) is 0 Å². The van der Waals surface area contributed by atoms with Crippen LogP contribution in [0.1, 0.15) is 17.3 Å². The van der Waals surface area contributed by atoms with Gasteiger partial charge in [0.05, 0.1) is 17.5 Å². The highest BCUT2D eigenvalue weighted by molar-refractivity contribution is 6.30. The SMILES string of the molecule is CNC(C)CNC(=O)c1cn[nH]c1-c1cccc(Cl)c1. The quantitative estimate of drug-likeness (QED) is 0.790. The molecule has 1 unspecified atom stereocenters. The molecule has 3 N–H and O–H groups in total. The van der Waals surface area contributed by atoms with E-state index in [9.17, 15) is 4.79 Å². The van der Waals surface area contributed by atoms with Gasteiger partial charge in [0, 0.05) is 23.2 Å². The maximum atomic E-state index is 12.2. The lowest BCUT2D eigenvalue weighted by molar-refractivity contribution is 0.0951. The summed E-state index contributed by atoms with van der Waals surface area (Å²) in [6.07, 6.45) is 1.52. The van der Waals surface area contributed by atoms with E-state index in [2.05, 4.69) is 20.8 Å². The Morgan fingerprint density at radius 1 is 1.50 bits per heavy atom. The number of halogens is 1. The molecule has 1 heterocycles. The van der Waals surface area contributed by atoms with Crippen molar-refractivity contribution in [2.24, 2.45) is 0 Å². The Balaban J connectivity index is 2.18. The van der Waals surface area contributed by atoms with Crippen molar-refractivity contribution in [2.45, 2.75) is 13.0 Å². The second kappa shape index (κ2) is 6.54. The van der Waals surface area contributed by atoms with Gasteiger partial charge in [-0.05, 0) is 26.1 Å². The number of H-pyrrole nitrogens is 1. The lowest BCUT2D eigenvalue weighted by Gasteiger charge is -2.11. The number of hydrogen-bond acceptors (Lipinski definition) is 3. The number of likely N-dealkylation sites (N-methyl/N-ethyl adjacent to an activating group) is 1. The number of benzene rings is 1. The Kier molecular flexibility index (Phi) is 4.76. The summed E-state index contributed by atoms with van der Waals surface area (Å²) in [5, 5.41) is 13.3. The normalized spacial score (nSPS) is 12.2. The fraction of sp³-hybridized carbons (Fsp3) is 0.286. The first-order valence-corrected chi connectivity index (χ1v) is 6.74. The van der Waals surface area contributed by atoms with E-state index in [0.717, 1.165) is 5.56 Å². The number of carbonyl (C=O) groups excluding carboxylic acids is 1. The van der Waals surface area contributed by atoms with Crippen LogP contribution in [-0.4, -0.2) is 35.7 Å². The molecule has 5 nitrogen and oxygen atoms in total. The van der Waals surface area contributed by atoms with Crippen LogP contribution in [0.25, 0.3) is 11.3 Å². The summed E-state index contributed by atoms with van der Waals surface area (Å²) < 4.78 is 0. The standard InChI is InChI=1S/C14H17ClN4O/c1-9(16-2)7-17-14(20)12-8-18-19-13(12)10-4-3-5-11(15)6-10/h3-6,8-9,16H,7H2,1-2H3,(H,17,20)(H,18,19). The Morgan fingerprint density at radius 3 is 3.00 bits per heavy atom. The van der Waals surface area contributed by atoms with Gasteiger partial charge in [-0.3, -0.25) is 9.89 Å². The monoisotopic (exact) mass is 292 g/mol. The topological polar surface area (TPSA) is 69.8 Å². The van der Waals surface area contributed by atoms with E-state index in [1.54, 1.807) is 12.1 Å². The molecule has 106 valence electrons. The molecule has 1 amide bonds. The average Bonchev–Trinajstić information content (AvgIpc) is 2.93. The molecule has 0 aliphatic heterocycles. The average molecular weight is 293 g/mol. The Morgan fingerprint density at radius 2 is 2.30 bits per heavy atom. The maximum Gasteiger partial charge on any atom is 0.255 e. The largest absolute Gasteiger partial charge is 0.350 e. The fourth-order valence-electron chi connectivity index (χ4n) is 1.77. The van der Waals surface area contributed by atoms with Crippen molar-refractivity contribution in [1.82, 2.24) is 20.8 Å². The molecule has 0 bridgehead atoms. The molecular formula is C14H17ClN4O. The van der Waals surface area contributed by atoms with Crippen molar-refractivity contribution in [3.05, 3.63) is 41.0 Å². The number of hydrogen-bond donors (Lipinski definition) is 3. The predicted octanol–water partition coefficient (Wildman–Crippen LogP) is 2.07. The van der Waals surface area contributed by atoms with E-state index >= 15 is 0 Å². The summed E-state index contributed by atoms with van der Waals surface area (Å²) in [6.45, 7) is 2.54. The minimum Gasteiger partial charge on any atom is -0.350 e. The minimum atomic E-state index is -0.157. The number of aromatic nitrogens is 2. The molecule has 0 saturated heterocycles. The zero-order chi connectivity index (χ0) is 14.5. The molecule has 0 aliphatic rings. The first kappa shape index (κ1) is 14.6. The number of rotatable bonds is 5. The molecule has 0 radical (unpaired) electrons. The smallest absolute Gasteiger partial charge is 0.255 e. The molecule has 2 aromatic rings. The van der Waals surface area contributed by atoms with Crippen LogP contribution in [0.4, 0.5) is 0 Å². The third-order valence-electron chi connectivity index (χ3n) is 3.06. The van der Waals surface area contributed by atoms with Crippen molar-refractivity contribution < 1.29 is 4.79 Å². The summed E-state index contributed by atoms with van der Waals surface area (Å²) in [7, 11) is 1.85. The Labute approximate surface area is 122 Å². The molecule has 0 saturated carbocycles. The fourth-order valence-corrected chi connectivity index (χ4v) is 1.96. The third-order valence-corrected chi connectivity index (χ3v) is 3.29. The number of nitrogens with zero attached hydrogens (tertiary/aromatic N) is 1. The van der Waals surface area contributed by atoms with Crippen molar-refractivity contribution in [2.75, 3.05) is 13.6 Å². The summed E-state index contributed by atoms with van der Waals surface area (Å²) >= 11 is 5.97. The van der Waals surface area contributed by atoms with Gasteiger partial charge in [-0.1, -0.05) is 23.7 Å². The van der Waals surface area contributed by atoms with Gasteiger partial charge in [0.1, 0.15) is 0 Å². The van der Waals surface area contributed by atoms with Crippen LogP contribution in [0.2, 0.25) is 5.02 Å². The molecule has 20 heavy (non-hydrogen) atoms. The van der Waals surface area contributed by atoms with Gasteiger partial charge in [-0.25, -0.2) is 0 Å². The highest BCUT2D eigenvalue weighted by Crippen LogP contribution is 2.23. The Hall–Kier alpha value is -1.85. The number of amides is 1. The lowest BCUT2D eigenvalue weighted by Crippen LogP contribution is -2.37. The third kappa shape index (κ3) is 3.37. The van der Waals surface area contributed by atoms with E-state index in [0.29, 0.717) is 22.8 Å². The van der Waals surface area contributed by atoms with Crippen molar-refractivity contribution in [3.8, 4) is 11.3 Å².